The molecule has 2 aromatic rings. The summed E-state index contributed by atoms with van der Waals surface area (Å²) in [7, 11) is 0. The number of hydrogen-bond donors (Lipinski definition) is 1. The summed E-state index contributed by atoms with van der Waals surface area (Å²) < 4.78 is 19.7. The SMILES string of the molecule is CC(=O)NCC1CN(c2ccc(-c3nnc(CCN=O)s3)c(F)c2)C(=O)O1. The first-order chi connectivity index (χ1) is 13.0. The Labute approximate surface area is 157 Å². The van der Waals surface area contributed by atoms with Crippen LogP contribution in [0.2, 0.25) is 0 Å². The molecule has 1 fully saturated rings. The van der Waals surface area contributed by atoms with E-state index in [4.69, 9.17) is 4.74 Å². The third-order valence-electron chi connectivity index (χ3n) is 3.83. The number of nitrogens with one attached hydrogen (secondary N) is 1. The number of benzene rings is 1. The highest BCUT2D eigenvalue weighted by Gasteiger charge is 2.32. The van der Waals surface area contributed by atoms with Gasteiger partial charge in [-0.25, -0.2) is 9.18 Å². The van der Waals surface area contributed by atoms with E-state index in [0.29, 0.717) is 22.1 Å². The monoisotopic (exact) mass is 393 g/mol. The van der Waals surface area contributed by atoms with E-state index >= 15 is 0 Å². The first-order valence-corrected chi connectivity index (χ1v) is 8.93. The number of carbonyl (C=O) groups is 2. The Morgan fingerprint density at radius 2 is 2.30 bits per heavy atom. The highest BCUT2D eigenvalue weighted by Crippen LogP contribution is 2.30. The highest BCUT2D eigenvalue weighted by molar-refractivity contribution is 7.14. The lowest BCUT2D eigenvalue weighted by molar-refractivity contribution is -0.119. The van der Waals surface area contributed by atoms with Gasteiger partial charge in [0.2, 0.25) is 5.91 Å². The number of cyclic esters (lactones) is 1. The van der Waals surface area contributed by atoms with E-state index in [1.807, 2.05) is 0 Å². The lowest BCUT2D eigenvalue weighted by Gasteiger charge is -2.14. The van der Waals surface area contributed by atoms with Crippen molar-refractivity contribution in [1.82, 2.24) is 15.5 Å². The third kappa shape index (κ3) is 4.42. The molecule has 142 valence electrons. The predicted octanol–water partition coefficient (Wildman–Crippen LogP) is 2.11. The molecule has 3 rings (SSSR count). The molecule has 1 aromatic carbocycles. The van der Waals surface area contributed by atoms with Gasteiger partial charge in [-0.05, 0) is 18.2 Å². The zero-order valence-corrected chi connectivity index (χ0v) is 15.2. The van der Waals surface area contributed by atoms with Gasteiger partial charge in [0.25, 0.3) is 0 Å². The first-order valence-electron chi connectivity index (χ1n) is 8.12. The molecule has 0 radical (unpaired) electrons. The van der Waals surface area contributed by atoms with Gasteiger partial charge < -0.3 is 10.1 Å². The average Bonchev–Trinajstić information content (AvgIpc) is 3.24. The van der Waals surface area contributed by atoms with Gasteiger partial charge in [-0.2, -0.15) is 4.91 Å². The first kappa shape index (κ1) is 18.8. The molecular weight excluding hydrogens is 377 g/mol. The maximum Gasteiger partial charge on any atom is 0.414 e. The summed E-state index contributed by atoms with van der Waals surface area (Å²) in [6, 6.07) is 4.33. The second kappa shape index (κ2) is 8.16. The Kier molecular flexibility index (Phi) is 5.69. The topological polar surface area (TPSA) is 114 Å². The number of aromatic nitrogens is 2. The van der Waals surface area contributed by atoms with Crippen molar-refractivity contribution in [1.29, 1.82) is 0 Å². The number of nitroso groups, excluding NO2 is 1. The molecule has 1 saturated heterocycles. The van der Waals surface area contributed by atoms with Crippen molar-refractivity contribution in [3.8, 4) is 10.6 Å². The molecule has 2 heterocycles. The zero-order valence-electron chi connectivity index (χ0n) is 14.3. The molecule has 2 amide bonds. The Morgan fingerprint density at radius 3 is 3.00 bits per heavy atom. The van der Waals surface area contributed by atoms with Gasteiger partial charge in [0.15, 0.2) is 5.01 Å². The van der Waals surface area contributed by atoms with E-state index in [2.05, 4.69) is 20.7 Å². The number of halogens is 1. The minimum atomic E-state index is -0.600. The second-order valence-electron chi connectivity index (χ2n) is 5.82. The summed E-state index contributed by atoms with van der Waals surface area (Å²) >= 11 is 1.18. The normalized spacial score (nSPS) is 16.3. The van der Waals surface area contributed by atoms with Crippen molar-refractivity contribution in [3.63, 3.8) is 0 Å². The molecule has 0 bridgehead atoms. The fourth-order valence-corrected chi connectivity index (χ4v) is 3.40. The molecule has 1 N–H and O–H groups in total. The summed E-state index contributed by atoms with van der Waals surface area (Å²) in [6.07, 6.45) is -0.741. The van der Waals surface area contributed by atoms with Crippen LogP contribution in [0.25, 0.3) is 10.6 Å². The van der Waals surface area contributed by atoms with Crippen LogP contribution in [0.1, 0.15) is 11.9 Å². The van der Waals surface area contributed by atoms with E-state index < -0.39 is 18.0 Å². The van der Waals surface area contributed by atoms with Gasteiger partial charge in [-0.15, -0.1) is 10.2 Å². The van der Waals surface area contributed by atoms with Crippen LogP contribution in [0, 0.1) is 10.7 Å². The van der Waals surface area contributed by atoms with Crippen molar-refractivity contribution < 1.29 is 18.7 Å². The van der Waals surface area contributed by atoms with Gasteiger partial charge >= 0.3 is 6.09 Å². The smallest absolute Gasteiger partial charge is 0.414 e. The van der Waals surface area contributed by atoms with Crippen molar-refractivity contribution in [2.75, 3.05) is 24.5 Å². The molecule has 1 atom stereocenters. The van der Waals surface area contributed by atoms with E-state index in [9.17, 15) is 18.9 Å². The number of amides is 2. The minimum absolute atomic E-state index is 0.0901. The van der Waals surface area contributed by atoms with Crippen molar-refractivity contribution in [3.05, 3.63) is 33.9 Å². The van der Waals surface area contributed by atoms with Crippen LogP contribution in [-0.4, -0.2) is 47.9 Å². The third-order valence-corrected chi connectivity index (χ3v) is 4.85. The van der Waals surface area contributed by atoms with E-state index in [0.717, 1.165) is 0 Å². The standard InChI is InChI=1S/C16H16FN5O4S/c1-9(23)18-7-11-8-22(16(24)26-11)10-2-3-12(13(17)6-10)15-21-20-14(27-15)4-5-19-25/h2-3,6,11H,4-5,7-8H2,1H3,(H,18,23). The molecule has 1 aliphatic rings. The van der Waals surface area contributed by atoms with Gasteiger partial charge in [0.1, 0.15) is 16.9 Å². The number of nitrogens with zero attached hydrogens (tertiary/aromatic N) is 4. The maximum atomic E-state index is 14.6. The van der Waals surface area contributed by atoms with Crippen LogP contribution in [0.15, 0.2) is 23.4 Å². The van der Waals surface area contributed by atoms with Crippen molar-refractivity contribution in [2.24, 2.45) is 5.18 Å². The van der Waals surface area contributed by atoms with E-state index in [-0.39, 0.29) is 31.1 Å². The number of carbonyl (C=O) groups excluding carboxylic acids is 2. The highest BCUT2D eigenvalue weighted by atomic mass is 32.1. The van der Waals surface area contributed by atoms with E-state index in [1.165, 1.54) is 35.3 Å². The Morgan fingerprint density at radius 1 is 1.48 bits per heavy atom. The lowest BCUT2D eigenvalue weighted by atomic mass is 10.2. The quantitative estimate of drug-likeness (QED) is 0.721. The molecule has 27 heavy (non-hydrogen) atoms. The van der Waals surface area contributed by atoms with Gasteiger partial charge in [-0.1, -0.05) is 16.5 Å². The molecule has 1 aromatic heterocycles. The van der Waals surface area contributed by atoms with Crippen LogP contribution in [0.4, 0.5) is 14.9 Å². The summed E-state index contributed by atoms with van der Waals surface area (Å²) in [5.41, 5.74) is 0.602. The van der Waals surface area contributed by atoms with Crippen molar-refractivity contribution in [2.45, 2.75) is 19.4 Å². The fourth-order valence-electron chi connectivity index (χ4n) is 2.55. The molecule has 0 aliphatic carbocycles. The fraction of sp³-hybridized carbons (Fsp3) is 0.375. The van der Waals surface area contributed by atoms with Crippen LogP contribution in [0.3, 0.4) is 0 Å². The molecule has 9 nitrogen and oxygen atoms in total. The van der Waals surface area contributed by atoms with Crippen LogP contribution >= 0.6 is 11.3 Å². The van der Waals surface area contributed by atoms with E-state index in [1.54, 1.807) is 6.07 Å². The summed E-state index contributed by atoms with van der Waals surface area (Å²) in [6.45, 7) is 1.87. The molecular formula is C16H16FN5O4S. The number of ether oxygens (including phenoxy) is 1. The molecule has 1 unspecified atom stereocenters. The summed E-state index contributed by atoms with van der Waals surface area (Å²) in [5, 5.41) is 14.2. The lowest BCUT2D eigenvalue weighted by Crippen LogP contribution is -2.33. The van der Waals surface area contributed by atoms with Gasteiger partial charge in [0.05, 0.1) is 25.3 Å². The average molecular weight is 393 g/mol. The Hall–Kier alpha value is -2.95. The van der Waals surface area contributed by atoms with Crippen LogP contribution in [0.5, 0.6) is 0 Å². The number of rotatable bonds is 7. The number of hydrogen-bond acceptors (Lipinski definition) is 8. The Bertz CT molecular complexity index is 874. The predicted molar refractivity (Wildman–Crippen MR) is 96.0 cm³/mol. The molecule has 1 aliphatic heterocycles. The summed E-state index contributed by atoms with van der Waals surface area (Å²) in [4.78, 5) is 34.5. The second-order valence-corrected chi connectivity index (χ2v) is 6.88. The summed E-state index contributed by atoms with van der Waals surface area (Å²) in [5.74, 6) is -0.776. The molecule has 11 heteroatoms. The largest absolute Gasteiger partial charge is 0.442 e. The zero-order chi connectivity index (χ0) is 19.4. The maximum absolute atomic E-state index is 14.6. The van der Waals surface area contributed by atoms with Crippen LogP contribution < -0.4 is 10.2 Å². The number of anilines is 1. The molecule has 0 spiro atoms. The molecule has 0 saturated carbocycles. The minimum Gasteiger partial charge on any atom is -0.442 e. The van der Waals surface area contributed by atoms with Gasteiger partial charge in [0, 0.05) is 18.9 Å². The van der Waals surface area contributed by atoms with Crippen LogP contribution in [-0.2, 0) is 16.0 Å². The van der Waals surface area contributed by atoms with Crippen molar-refractivity contribution >= 4 is 29.0 Å². The Balaban J connectivity index is 1.73. The van der Waals surface area contributed by atoms with Gasteiger partial charge in [-0.3, -0.25) is 9.69 Å².